The smallest absolute Gasteiger partial charge is 0.0622 e. The molecule has 19 heavy (non-hydrogen) atoms. The Labute approximate surface area is 118 Å². The van der Waals surface area contributed by atoms with Crippen molar-refractivity contribution in [1.82, 2.24) is 4.90 Å². The molecule has 0 spiro atoms. The lowest BCUT2D eigenvalue weighted by atomic mass is 9.85. The second-order valence-electron chi connectivity index (χ2n) is 6.39. The normalized spacial score (nSPS) is 11.6. The van der Waals surface area contributed by atoms with E-state index < -0.39 is 0 Å². The number of benzene rings is 1. The van der Waals surface area contributed by atoms with Crippen LogP contribution >= 0.6 is 0 Å². The second-order valence-corrected chi connectivity index (χ2v) is 6.39. The predicted octanol–water partition coefficient (Wildman–Crippen LogP) is 4.03. The minimum Gasteiger partial charge on any atom is -0.302 e. The maximum absolute atomic E-state index is 8.55. The van der Waals surface area contributed by atoms with Crippen LogP contribution in [0.25, 0.3) is 0 Å². The van der Waals surface area contributed by atoms with Crippen LogP contribution in [-0.4, -0.2) is 18.5 Å². The third kappa shape index (κ3) is 5.04. The molecule has 0 aliphatic rings. The summed E-state index contributed by atoms with van der Waals surface area (Å²) >= 11 is 0. The number of nitrogens with zero attached hydrogens (tertiary/aromatic N) is 2. The van der Waals surface area contributed by atoms with E-state index in [1.807, 2.05) is 0 Å². The van der Waals surface area contributed by atoms with Gasteiger partial charge in [0.1, 0.15) is 0 Å². The monoisotopic (exact) mass is 258 g/mol. The van der Waals surface area contributed by atoms with Gasteiger partial charge in [0.25, 0.3) is 0 Å². The Hall–Kier alpha value is -1.33. The number of rotatable bonds is 5. The maximum Gasteiger partial charge on any atom is 0.0622 e. The number of hydrogen-bond acceptors (Lipinski definition) is 2. The largest absolute Gasteiger partial charge is 0.302 e. The molecule has 0 radical (unpaired) electrons. The van der Waals surface area contributed by atoms with Crippen LogP contribution in [0.5, 0.6) is 0 Å². The summed E-state index contributed by atoms with van der Waals surface area (Å²) in [6.07, 6.45) is 1.60. The average molecular weight is 258 g/mol. The van der Waals surface area contributed by atoms with Crippen LogP contribution in [-0.2, 0) is 12.0 Å². The molecule has 0 bridgehead atoms. The summed E-state index contributed by atoms with van der Waals surface area (Å²) in [5, 5.41) is 8.55. The van der Waals surface area contributed by atoms with Gasteiger partial charge in [0.2, 0.25) is 0 Å². The Kier molecular flexibility index (Phi) is 5.57. The zero-order chi connectivity index (χ0) is 14.5. The summed E-state index contributed by atoms with van der Waals surface area (Å²) in [7, 11) is 2.12. The Balaban J connectivity index is 2.68. The van der Waals surface area contributed by atoms with Gasteiger partial charge in [-0.25, -0.2) is 0 Å². The van der Waals surface area contributed by atoms with E-state index in [0.29, 0.717) is 6.42 Å². The zero-order valence-electron chi connectivity index (χ0n) is 13.0. The summed E-state index contributed by atoms with van der Waals surface area (Å²) in [6.45, 7) is 10.9. The van der Waals surface area contributed by atoms with Crippen LogP contribution in [0.4, 0.5) is 0 Å². The second kappa shape index (κ2) is 6.73. The summed E-state index contributed by atoms with van der Waals surface area (Å²) in [4.78, 5) is 2.29. The molecule has 104 valence electrons. The first-order valence-corrected chi connectivity index (χ1v) is 7.00. The highest BCUT2D eigenvalue weighted by Crippen LogP contribution is 2.24. The number of aryl methyl sites for hydroxylation is 1. The summed E-state index contributed by atoms with van der Waals surface area (Å²) in [5.41, 5.74) is 4.34. The fourth-order valence-corrected chi connectivity index (χ4v) is 2.14. The molecule has 1 aromatic rings. The van der Waals surface area contributed by atoms with Crippen molar-refractivity contribution in [1.29, 1.82) is 5.26 Å². The van der Waals surface area contributed by atoms with Gasteiger partial charge >= 0.3 is 0 Å². The molecule has 1 aromatic carbocycles. The van der Waals surface area contributed by atoms with Crippen molar-refractivity contribution in [2.75, 3.05) is 13.6 Å². The molecular weight excluding hydrogens is 232 g/mol. The topological polar surface area (TPSA) is 27.0 Å². The standard InChI is InChI=1S/C17H26N2/c1-14-12-16(17(2,3)4)9-8-15(14)13-19(5)11-7-6-10-18/h8-9,12H,6-7,11,13H2,1-5H3. The molecule has 0 aliphatic heterocycles. The van der Waals surface area contributed by atoms with Gasteiger partial charge in [-0.1, -0.05) is 39.0 Å². The first kappa shape index (κ1) is 15.7. The lowest BCUT2D eigenvalue weighted by molar-refractivity contribution is 0.323. The minimum atomic E-state index is 0.210. The van der Waals surface area contributed by atoms with E-state index >= 15 is 0 Å². The Bertz CT molecular complexity index is 449. The molecule has 2 heteroatoms. The van der Waals surface area contributed by atoms with Crippen molar-refractivity contribution in [3.05, 3.63) is 34.9 Å². The van der Waals surface area contributed by atoms with E-state index in [4.69, 9.17) is 5.26 Å². The highest BCUT2D eigenvalue weighted by atomic mass is 15.1. The van der Waals surface area contributed by atoms with E-state index in [9.17, 15) is 0 Å². The van der Waals surface area contributed by atoms with Gasteiger partial charge in [0.05, 0.1) is 6.07 Å². The van der Waals surface area contributed by atoms with E-state index in [2.05, 4.69) is 63.9 Å². The number of hydrogen-bond donors (Lipinski definition) is 0. The fourth-order valence-electron chi connectivity index (χ4n) is 2.14. The maximum atomic E-state index is 8.55. The summed E-state index contributed by atoms with van der Waals surface area (Å²) in [5.74, 6) is 0. The van der Waals surface area contributed by atoms with Crippen molar-refractivity contribution in [2.45, 2.75) is 52.5 Å². The molecular formula is C17H26N2. The minimum absolute atomic E-state index is 0.210. The third-order valence-corrected chi connectivity index (χ3v) is 3.48. The van der Waals surface area contributed by atoms with Crippen LogP contribution in [0.3, 0.4) is 0 Å². The molecule has 0 heterocycles. The summed E-state index contributed by atoms with van der Waals surface area (Å²) in [6, 6.07) is 8.99. The Morgan fingerprint density at radius 3 is 2.47 bits per heavy atom. The predicted molar refractivity (Wildman–Crippen MR) is 81.1 cm³/mol. The first-order chi connectivity index (χ1) is 8.84. The van der Waals surface area contributed by atoms with Gasteiger partial charge in [0, 0.05) is 13.0 Å². The van der Waals surface area contributed by atoms with Crippen molar-refractivity contribution in [3.8, 4) is 6.07 Å². The molecule has 0 saturated carbocycles. The van der Waals surface area contributed by atoms with Gasteiger partial charge in [-0.05, 0) is 49.0 Å². The van der Waals surface area contributed by atoms with Gasteiger partial charge in [-0.15, -0.1) is 0 Å². The average Bonchev–Trinajstić information content (AvgIpc) is 2.31. The lowest BCUT2D eigenvalue weighted by Crippen LogP contribution is -2.20. The van der Waals surface area contributed by atoms with Crippen molar-refractivity contribution in [3.63, 3.8) is 0 Å². The summed E-state index contributed by atoms with van der Waals surface area (Å²) < 4.78 is 0. The van der Waals surface area contributed by atoms with Crippen LogP contribution in [0.1, 0.15) is 50.3 Å². The molecule has 0 fully saturated rings. The van der Waals surface area contributed by atoms with Crippen molar-refractivity contribution < 1.29 is 0 Å². The van der Waals surface area contributed by atoms with Gasteiger partial charge < -0.3 is 4.90 Å². The highest BCUT2D eigenvalue weighted by molar-refractivity contribution is 5.34. The van der Waals surface area contributed by atoms with Crippen LogP contribution < -0.4 is 0 Å². The quantitative estimate of drug-likeness (QED) is 0.746. The molecule has 1 rings (SSSR count). The van der Waals surface area contributed by atoms with Crippen LogP contribution in [0.2, 0.25) is 0 Å². The third-order valence-electron chi connectivity index (χ3n) is 3.48. The lowest BCUT2D eigenvalue weighted by Gasteiger charge is -2.22. The van der Waals surface area contributed by atoms with Crippen LogP contribution in [0, 0.1) is 18.3 Å². The number of nitriles is 1. The molecule has 0 unspecified atom stereocenters. The molecule has 2 nitrogen and oxygen atoms in total. The SMILES string of the molecule is Cc1cc(C(C)(C)C)ccc1CN(C)CCCC#N. The van der Waals surface area contributed by atoms with Gasteiger partial charge in [-0.2, -0.15) is 5.26 Å². The number of unbranched alkanes of at least 4 members (excludes halogenated alkanes) is 1. The molecule has 0 amide bonds. The van der Waals surface area contributed by atoms with E-state index in [1.165, 1.54) is 16.7 Å². The van der Waals surface area contributed by atoms with Crippen molar-refractivity contribution >= 4 is 0 Å². The van der Waals surface area contributed by atoms with Crippen molar-refractivity contribution in [2.24, 2.45) is 0 Å². The Morgan fingerprint density at radius 1 is 1.26 bits per heavy atom. The van der Waals surface area contributed by atoms with Crippen LogP contribution in [0.15, 0.2) is 18.2 Å². The molecule has 0 saturated heterocycles. The Morgan fingerprint density at radius 2 is 1.95 bits per heavy atom. The first-order valence-electron chi connectivity index (χ1n) is 7.00. The zero-order valence-corrected chi connectivity index (χ0v) is 13.0. The molecule has 0 aliphatic carbocycles. The fraction of sp³-hybridized carbons (Fsp3) is 0.588. The van der Waals surface area contributed by atoms with Gasteiger partial charge in [0.15, 0.2) is 0 Å². The van der Waals surface area contributed by atoms with E-state index in [1.54, 1.807) is 0 Å². The van der Waals surface area contributed by atoms with E-state index in [-0.39, 0.29) is 5.41 Å². The highest BCUT2D eigenvalue weighted by Gasteiger charge is 2.14. The van der Waals surface area contributed by atoms with E-state index in [0.717, 1.165) is 19.5 Å². The molecule has 0 atom stereocenters. The molecule has 0 N–H and O–H groups in total. The molecule has 0 aromatic heterocycles. The van der Waals surface area contributed by atoms with Gasteiger partial charge in [-0.3, -0.25) is 0 Å².